The van der Waals surface area contributed by atoms with E-state index in [1.54, 1.807) is 6.92 Å². The molecule has 0 radical (unpaired) electrons. The van der Waals surface area contributed by atoms with E-state index in [1.807, 2.05) is 7.05 Å². The second-order valence-electron chi connectivity index (χ2n) is 3.31. The van der Waals surface area contributed by atoms with Crippen molar-refractivity contribution in [1.29, 1.82) is 0 Å². The van der Waals surface area contributed by atoms with Crippen molar-refractivity contribution in [1.82, 2.24) is 10.2 Å². The van der Waals surface area contributed by atoms with Crippen molar-refractivity contribution in [2.24, 2.45) is 11.7 Å². The molecule has 3 N–H and O–H groups in total. The Morgan fingerprint density at radius 1 is 1.64 bits per heavy atom. The van der Waals surface area contributed by atoms with Crippen LogP contribution in [0.4, 0.5) is 0 Å². The Morgan fingerprint density at radius 2 is 2.21 bits per heavy atom. The number of hydrogen-bond acceptors (Lipinski definition) is 3. The second kappa shape index (κ2) is 6.73. The van der Waals surface area contributed by atoms with Crippen LogP contribution in [0.15, 0.2) is 0 Å². The minimum atomic E-state index is -0.378. The summed E-state index contributed by atoms with van der Waals surface area (Å²) in [7, 11) is 2.00. The Kier molecular flexibility index (Phi) is 6.40. The van der Waals surface area contributed by atoms with E-state index in [9.17, 15) is 4.79 Å². The molecule has 1 unspecified atom stereocenters. The van der Waals surface area contributed by atoms with Crippen LogP contribution in [0.1, 0.15) is 13.8 Å². The quantitative estimate of drug-likeness (QED) is 0.614. The third kappa shape index (κ3) is 5.14. The minimum Gasteiger partial charge on any atom is -0.393 e. The van der Waals surface area contributed by atoms with E-state index >= 15 is 0 Å². The summed E-state index contributed by atoms with van der Waals surface area (Å²) in [5.41, 5.74) is 5.35. The van der Waals surface area contributed by atoms with Crippen LogP contribution in [-0.2, 0) is 4.79 Å². The topological polar surface area (TPSA) is 58.4 Å². The highest BCUT2D eigenvalue weighted by Gasteiger charge is 2.14. The van der Waals surface area contributed by atoms with Gasteiger partial charge in [-0.2, -0.15) is 0 Å². The van der Waals surface area contributed by atoms with E-state index in [0.29, 0.717) is 6.54 Å². The van der Waals surface area contributed by atoms with E-state index in [1.165, 1.54) is 0 Å². The summed E-state index contributed by atoms with van der Waals surface area (Å²) < 4.78 is 0. The summed E-state index contributed by atoms with van der Waals surface area (Å²) in [6.45, 7) is 6.23. The Balaban J connectivity index is 3.69. The van der Waals surface area contributed by atoms with Crippen molar-refractivity contribution in [2.75, 3.05) is 26.7 Å². The average Bonchev–Trinajstić information content (AvgIpc) is 2.15. The van der Waals surface area contributed by atoms with Gasteiger partial charge in [-0.3, -0.25) is 4.79 Å². The van der Waals surface area contributed by atoms with Gasteiger partial charge in [-0.25, -0.2) is 0 Å². The van der Waals surface area contributed by atoms with Gasteiger partial charge in [0.25, 0.3) is 0 Å². The zero-order valence-electron chi connectivity index (χ0n) is 9.04. The molecule has 4 nitrogen and oxygen atoms in total. The summed E-state index contributed by atoms with van der Waals surface area (Å²) >= 11 is 4.73. The molecule has 0 aliphatic heterocycles. The van der Waals surface area contributed by atoms with Gasteiger partial charge in [0.15, 0.2) is 0 Å². The summed E-state index contributed by atoms with van der Waals surface area (Å²) in [5.74, 6) is -0.473. The molecule has 0 aromatic carbocycles. The van der Waals surface area contributed by atoms with Crippen molar-refractivity contribution in [2.45, 2.75) is 13.8 Å². The third-order valence-corrected chi connectivity index (χ3v) is 2.51. The number of nitrogens with zero attached hydrogens (tertiary/aromatic N) is 1. The predicted molar refractivity (Wildman–Crippen MR) is 62.1 cm³/mol. The first kappa shape index (κ1) is 13.3. The Labute approximate surface area is 90.8 Å². The molecule has 0 saturated heterocycles. The number of nitrogens with two attached hydrogens (primary N) is 1. The SMILES string of the molecule is CCN(C)CCNC(=O)C(C)C(N)=S. The number of likely N-dealkylation sites (N-methyl/N-ethyl adjacent to an activating group) is 1. The molecule has 14 heavy (non-hydrogen) atoms. The van der Waals surface area contributed by atoms with Gasteiger partial charge in [0, 0.05) is 13.1 Å². The Morgan fingerprint density at radius 3 is 2.64 bits per heavy atom. The van der Waals surface area contributed by atoms with Crippen molar-refractivity contribution in [3.05, 3.63) is 0 Å². The van der Waals surface area contributed by atoms with E-state index in [-0.39, 0.29) is 16.8 Å². The molecule has 0 rings (SSSR count). The molecule has 0 aliphatic carbocycles. The molecule has 82 valence electrons. The lowest BCUT2D eigenvalue weighted by Crippen LogP contribution is -2.39. The molecule has 0 spiro atoms. The zero-order chi connectivity index (χ0) is 11.1. The first-order chi connectivity index (χ1) is 6.49. The summed E-state index contributed by atoms with van der Waals surface area (Å²) in [5, 5.41) is 2.78. The standard InChI is InChI=1S/C9H19N3OS/c1-4-12(3)6-5-11-9(13)7(2)8(10)14/h7H,4-6H2,1-3H3,(H2,10,14)(H,11,13). The predicted octanol–water partition coefficient (Wildman–Crippen LogP) is -0.0235. The lowest BCUT2D eigenvalue weighted by atomic mass is 10.1. The number of thiocarbonyl (C=S) groups is 1. The molecule has 0 aliphatic rings. The molecular weight excluding hydrogens is 198 g/mol. The van der Waals surface area contributed by atoms with Gasteiger partial charge in [0.05, 0.1) is 10.9 Å². The van der Waals surface area contributed by atoms with Gasteiger partial charge in [0.2, 0.25) is 5.91 Å². The van der Waals surface area contributed by atoms with Gasteiger partial charge in [0.1, 0.15) is 0 Å². The van der Waals surface area contributed by atoms with E-state index in [0.717, 1.165) is 13.1 Å². The van der Waals surface area contributed by atoms with E-state index < -0.39 is 0 Å². The van der Waals surface area contributed by atoms with Gasteiger partial charge in [-0.15, -0.1) is 0 Å². The van der Waals surface area contributed by atoms with Gasteiger partial charge in [-0.1, -0.05) is 19.1 Å². The molecule has 0 saturated carbocycles. The Bertz CT molecular complexity index is 208. The van der Waals surface area contributed by atoms with Crippen LogP contribution in [0.5, 0.6) is 0 Å². The second-order valence-corrected chi connectivity index (χ2v) is 3.78. The fourth-order valence-electron chi connectivity index (χ4n) is 0.810. The number of carbonyl (C=O) groups excluding carboxylic acids is 1. The lowest BCUT2D eigenvalue weighted by Gasteiger charge is -2.15. The van der Waals surface area contributed by atoms with Crippen LogP contribution in [0.3, 0.4) is 0 Å². The maximum absolute atomic E-state index is 11.4. The number of amides is 1. The van der Waals surface area contributed by atoms with Crippen molar-refractivity contribution in [3.63, 3.8) is 0 Å². The number of carbonyl (C=O) groups is 1. The Hall–Kier alpha value is -0.680. The molecule has 5 heteroatoms. The summed E-state index contributed by atoms with van der Waals surface area (Å²) in [6, 6.07) is 0. The zero-order valence-corrected chi connectivity index (χ0v) is 9.86. The first-order valence-electron chi connectivity index (χ1n) is 4.74. The van der Waals surface area contributed by atoms with Crippen LogP contribution >= 0.6 is 12.2 Å². The molecule has 1 amide bonds. The molecule has 0 aromatic heterocycles. The van der Waals surface area contributed by atoms with Gasteiger partial charge in [-0.05, 0) is 20.5 Å². The maximum Gasteiger partial charge on any atom is 0.229 e. The molecule has 0 aromatic rings. The fraction of sp³-hybridized carbons (Fsp3) is 0.778. The largest absolute Gasteiger partial charge is 0.393 e. The van der Waals surface area contributed by atoms with Gasteiger partial charge < -0.3 is 16.0 Å². The van der Waals surface area contributed by atoms with E-state index in [4.69, 9.17) is 18.0 Å². The van der Waals surface area contributed by atoms with Crippen molar-refractivity contribution < 1.29 is 4.79 Å². The molecule has 0 bridgehead atoms. The lowest BCUT2D eigenvalue weighted by molar-refractivity contribution is -0.122. The molecule has 1 atom stereocenters. The third-order valence-electron chi connectivity index (χ3n) is 2.15. The number of nitrogens with one attached hydrogen (secondary N) is 1. The monoisotopic (exact) mass is 217 g/mol. The smallest absolute Gasteiger partial charge is 0.229 e. The molecular formula is C9H19N3OS. The highest BCUT2D eigenvalue weighted by molar-refractivity contribution is 7.80. The van der Waals surface area contributed by atoms with Crippen LogP contribution in [0.2, 0.25) is 0 Å². The van der Waals surface area contributed by atoms with Crippen molar-refractivity contribution in [3.8, 4) is 0 Å². The average molecular weight is 217 g/mol. The normalized spacial score (nSPS) is 12.6. The molecule has 0 heterocycles. The van der Waals surface area contributed by atoms with Crippen molar-refractivity contribution >= 4 is 23.1 Å². The first-order valence-corrected chi connectivity index (χ1v) is 5.15. The van der Waals surface area contributed by atoms with Crippen LogP contribution < -0.4 is 11.1 Å². The van der Waals surface area contributed by atoms with Crippen LogP contribution in [-0.4, -0.2) is 42.5 Å². The maximum atomic E-state index is 11.4. The molecule has 0 fully saturated rings. The van der Waals surface area contributed by atoms with E-state index in [2.05, 4.69) is 17.1 Å². The summed E-state index contributed by atoms with van der Waals surface area (Å²) in [4.78, 5) is 13.7. The van der Waals surface area contributed by atoms with Gasteiger partial charge >= 0.3 is 0 Å². The van der Waals surface area contributed by atoms with Crippen LogP contribution in [0, 0.1) is 5.92 Å². The highest BCUT2D eigenvalue weighted by Crippen LogP contribution is 1.94. The minimum absolute atomic E-state index is 0.0954. The van der Waals surface area contributed by atoms with Crippen LogP contribution in [0.25, 0.3) is 0 Å². The number of rotatable bonds is 6. The fourth-order valence-corrected chi connectivity index (χ4v) is 0.917. The number of hydrogen-bond donors (Lipinski definition) is 2. The summed E-state index contributed by atoms with van der Waals surface area (Å²) in [6.07, 6.45) is 0. The highest BCUT2D eigenvalue weighted by atomic mass is 32.1.